The van der Waals surface area contributed by atoms with E-state index in [1.807, 2.05) is 0 Å². The van der Waals surface area contributed by atoms with Crippen LogP contribution in [-0.4, -0.2) is 4.57 Å². The third-order valence-corrected chi connectivity index (χ3v) is 11.6. The van der Waals surface area contributed by atoms with Gasteiger partial charge in [0.25, 0.3) is 0 Å². The van der Waals surface area contributed by atoms with Gasteiger partial charge in [0.15, 0.2) is 0 Å². The van der Waals surface area contributed by atoms with Crippen LogP contribution in [-0.2, 0) is 10.8 Å². The van der Waals surface area contributed by atoms with Gasteiger partial charge in [0, 0.05) is 27.2 Å². The van der Waals surface area contributed by atoms with E-state index in [2.05, 4.69) is 195 Å². The molecule has 0 fully saturated rings. The molecule has 1 aromatic heterocycles. The van der Waals surface area contributed by atoms with E-state index in [4.69, 9.17) is 0 Å². The fourth-order valence-electron chi connectivity index (χ4n) is 9.34. The van der Waals surface area contributed by atoms with Crippen molar-refractivity contribution in [3.63, 3.8) is 0 Å². The fourth-order valence-corrected chi connectivity index (χ4v) is 9.34. The molecule has 2 aliphatic rings. The Morgan fingerprint density at radius 1 is 0.400 bits per heavy atom. The van der Waals surface area contributed by atoms with Crippen LogP contribution in [0, 0.1) is 0 Å². The highest BCUT2D eigenvalue weighted by Gasteiger charge is 2.41. The number of hydrogen-bond donors (Lipinski definition) is 0. The van der Waals surface area contributed by atoms with Crippen molar-refractivity contribution in [2.24, 2.45) is 0 Å². The van der Waals surface area contributed by atoms with Crippen LogP contribution in [0.3, 0.4) is 0 Å². The van der Waals surface area contributed by atoms with Crippen LogP contribution in [0.25, 0.3) is 49.7 Å². The van der Waals surface area contributed by atoms with Gasteiger partial charge in [0.05, 0.1) is 33.8 Å². The first-order chi connectivity index (χ1) is 24.4. The fraction of sp³-hybridized carbons (Fsp3) is 0.125. The summed E-state index contributed by atoms with van der Waals surface area (Å²) in [6, 6.07) is 58.5. The third kappa shape index (κ3) is 3.79. The summed E-state index contributed by atoms with van der Waals surface area (Å²) in [5, 5.41) is 2.52. The molecule has 8 aromatic rings. The average molecular weight is 643 g/mol. The van der Waals surface area contributed by atoms with Crippen molar-refractivity contribution >= 4 is 38.9 Å². The second kappa shape index (κ2) is 10.3. The smallest absolute Gasteiger partial charge is 0.0702 e. The molecule has 0 spiro atoms. The van der Waals surface area contributed by atoms with Gasteiger partial charge in [-0.25, -0.2) is 0 Å². The Bertz CT molecular complexity index is 2620. The topological polar surface area (TPSA) is 8.17 Å². The Morgan fingerprint density at radius 2 is 0.900 bits per heavy atom. The number of nitrogens with zero attached hydrogens (tertiary/aromatic N) is 2. The normalized spacial score (nSPS) is 14.7. The van der Waals surface area contributed by atoms with Crippen molar-refractivity contribution in [2.45, 2.75) is 38.5 Å². The molecule has 0 bridgehead atoms. The minimum atomic E-state index is -0.197. The van der Waals surface area contributed by atoms with Crippen LogP contribution < -0.4 is 4.90 Å². The minimum absolute atomic E-state index is 0.117. The molecule has 0 radical (unpaired) electrons. The molecule has 2 heteroatoms. The van der Waals surface area contributed by atoms with E-state index in [9.17, 15) is 0 Å². The van der Waals surface area contributed by atoms with Gasteiger partial charge >= 0.3 is 0 Å². The Morgan fingerprint density at radius 3 is 1.64 bits per heavy atom. The predicted octanol–water partition coefficient (Wildman–Crippen LogP) is 12.9. The maximum Gasteiger partial charge on any atom is 0.0702 e. The second-order valence-electron chi connectivity index (χ2n) is 14.9. The van der Waals surface area contributed by atoms with E-state index >= 15 is 0 Å². The van der Waals surface area contributed by atoms with Gasteiger partial charge in [-0.1, -0.05) is 149 Å². The number of rotatable bonds is 4. The average Bonchev–Trinajstić information content (AvgIpc) is 3.70. The van der Waals surface area contributed by atoms with Crippen molar-refractivity contribution in [2.75, 3.05) is 4.90 Å². The molecule has 7 aromatic carbocycles. The molecule has 0 atom stereocenters. The lowest BCUT2D eigenvalue weighted by Crippen LogP contribution is -2.22. The zero-order valence-electron chi connectivity index (χ0n) is 28.9. The number of fused-ring (bicyclic) bond motifs is 9. The summed E-state index contributed by atoms with van der Waals surface area (Å²) >= 11 is 0. The summed E-state index contributed by atoms with van der Waals surface area (Å²) in [6.07, 6.45) is 0. The Hall–Kier alpha value is -5.86. The monoisotopic (exact) mass is 642 g/mol. The molecule has 0 saturated heterocycles. The molecule has 50 heavy (non-hydrogen) atoms. The van der Waals surface area contributed by atoms with E-state index in [0.29, 0.717) is 0 Å². The third-order valence-electron chi connectivity index (χ3n) is 11.6. The van der Waals surface area contributed by atoms with E-state index in [0.717, 1.165) is 11.4 Å². The van der Waals surface area contributed by atoms with E-state index in [1.165, 1.54) is 77.7 Å². The van der Waals surface area contributed by atoms with Gasteiger partial charge in [-0.15, -0.1) is 0 Å². The van der Waals surface area contributed by atoms with E-state index < -0.39 is 0 Å². The first kappa shape index (κ1) is 29.1. The lowest BCUT2D eigenvalue weighted by molar-refractivity contribution is 0.659. The molecule has 0 saturated carbocycles. The first-order valence-corrected chi connectivity index (χ1v) is 17.7. The van der Waals surface area contributed by atoms with Gasteiger partial charge in [-0.3, -0.25) is 0 Å². The maximum atomic E-state index is 2.59. The van der Waals surface area contributed by atoms with Crippen LogP contribution in [0.15, 0.2) is 158 Å². The Balaban J connectivity index is 1.34. The van der Waals surface area contributed by atoms with Crippen molar-refractivity contribution in [1.82, 2.24) is 4.57 Å². The molecule has 10 rings (SSSR count). The number of para-hydroxylation sites is 4. The molecule has 2 aliphatic carbocycles. The Kier molecular flexibility index (Phi) is 6.01. The summed E-state index contributed by atoms with van der Waals surface area (Å²) in [4.78, 5) is 2.59. The molecule has 240 valence electrons. The highest BCUT2D eigenvalue weighted by molar-refractivity contribution is 6.10. The summed E-state index contributed by atoms with van der Waals surface area (Å²) < 4.78 is 2.47. The van der Waals surface area contributed by atoms with Crippen LogP contribution in [0.5, 0.6) is 0 Å². The summed E-state index contributed by atoms with van der Waals surface area (Å²) in [7, 11) is 0. The van der Waals surface area contributed by atoms with Crippen LogP contribution in [0.4, 0.5) is 17.1 Å². The number of aromatic nitrogens is 1. The largest absolute Gasteiger partial charge is 0.307 e. The lowest BCUT2D eigenvalue weighted by Gasteiger charge is -2.35. The van der Waals surface area contributed by atoms with Crippen molar-refractivity contribution < 1.29 is 0 Å². The summed E-state index contributed by atoms with van der Waals surface area (Å²) in [6.45, 7) is 9.54. The highest BCUT2D eigenvalue weighted by atomic mass is 15.2. The zero-order valence-corrected chi connectivity index (χ0v) is 28.9. The van der Waals surface area contributed by atoms with Gasteiger partial charge in [-0.05, 0) is 75.3 Å². The molecule has 1 heterocycles. The number of anilines is 3. The SMILES string of the molecule is CC1(C)c2ccccc2-c2c(N(c3ccccc3-n3c4ccccc4c4ccccc43)c3cccc4c3C(C)(C)c3ccccc3-4)cccc21. The molecule has 0 aliphatic heterocycles. The number of hydrogen-bond acceptors (Lipinski definition) is 1. The van der Waals surface area contributed by atoms with Gasteiger partial charge in [-0.2, -0.15) is 0 Å². The van der Waals surface area contributed by atoms with Crippen LogP contribution in [0.2, 0.25) is 0 Å². The standard InChI is InChI=1S/C48H38N2/c1-47(2)37-23-10-6-20-35(37)45-38(47)24-16-29-43(45)50(44-30-15-21-34-31-17-5-9-22-36(31)48(3,4)46(34)44)42-28-14-13-27-41(42)49-39-25-11-7-18-32(39)33-19-8-12-26-40(33)49/h5-30H,1-4H3. The lowest BCUT2D eigenvalue weighted by atomic mass is 9.81. The molecule has 0 amide bonds. The van der Waals surface area contributed by atoms with Crippen molar-refractivity contribution in [3.8, 4) is 27.9 Å². The predicted molar refractivity (Wildman–Crippen MR) is 211 cm³/mol. The zero-order chi connectivity index (χ0) is 33.8. The summed E-state index contributed by atoms with van der Waals surface area (Å²) in [5.41, 5.74) is 17.6. The van der Waals surface area contributed by atoms with E-state index in [1.54, 1.807) is 0 Å². The van der Waals surface area contributed by atoms with Crippen molar-refractivity contribution in [3.05, 3.63) is 180 Å². The molecule has 0 unspecified atom stereocenters. The molecular weight excluding hydrogens is 605 g/mol. The van der Waals surface area contributed by atoms with Crippen LogP contribution >= 0.6 is 0 Å². The van der Waals surface area contributed by atoms with Gasteiger partial charge in [0.2, 0.25) is 0 Å². The second-order valence-corrected chi connectivity index (χ2v) is 14.9. The number of benzene rings is 7. The van der Waals surface area contributed by atoms with Gasteiger partial charge in [0.1, 0.15) is 0 Å². The molecule has 0 N–H and O–H groups in total. The maximum absolute atomic E-state index is 2.59. The molecular formula is C48H38N2. The summed E-state index contributed by atoms with van der Waals surface area (Å²) in [5.74, 6) is 0. The van der Waals surface area contributed by atoms with Crippen LogP contribution in [0.1, 0.15) is 49.9 Å². The Labute approximate surface area is 293 Å². The van der Waals surface area contributed by atoms with Crippen molar-refractivity contribution in [1.29, 1.82) is 0 Å². The minimum Gasteiger partial charge on any atom is -0.307 e. The quantitative estimate of drug-likeness (QED) is 0.185. The highest BCUT2D eigenvalue weighted by Crippen LogP contribution is 2.58. The first-order valence-electron chi connectivity index (χ1n) is 17.7. The van der Waals surface area contributed by atoms with Gasteiger partial charge < -0.3 is 9.47 Å². The molecule has 2 nitrogen and oxygen atoms in total. The van der Waals surface area contributed by atoms with E-state index in [-0.39, 0.29) is 10.8 Å².